The van der Waals surface area contributed by atoms with Crippen LogP contribution in [-0.2, 0) is 0 Å². The molecule has 0 unspecified atom stereocenters. The largest absolute Gasteiger partial charge is 0.484 e. The van der Waals surface area contributed by atoms with Crippen LogP contribution >= 0.6 is 0 Å². The van der Waals surface area contributed by atoms with Crippen molar-refractivity contribution >= 4 is 0 Å². The SMILES string of the molecule is O[C@@H](c1ccccc1)c1ccc(OCC(F)(F)F)cc1. The summed E-state index contributed by atoms with van der Waals surface area (Å²) in [7, 11) is 0. The molecule has 2 rings (SSSR count). The highest BCUT2D eigenvalue weighted by atomic mass is 19.4. The van der Waals surface area contributed by atoms with E-state index in [1.165, 1.54) is 12.1 Å². The van der Waals surface area contributed by atoms with Gasteiger partial charge in [-0.05, 0) is 23.3 Å². The summed E-state index contributed by atoms with van der Waals surface area (Å²) in [4.78, 5) is 0. The number of alkyl halides is 3. The lowest BCUT2D eigenvalue weighted by Gasteiger charge is -2.13. The third-order valence-corrected chi connectivity index (χ3v) is 2.71. The number of hydrogen-bond acceptors (Lipinski definition) is 2. The molecule has 2 aromatic carbocycles. The Bertz CT molecular complexity index is 535. The number of halogens is 3. The van der Waals surface area contributed by atoms with Gasteiger partial charge in [-0.3, -0.25) is 0 Å². The van der Waals surface area contributed by atoms with E-state index in [9.17, 15) is 18.3 Å². The van der Waals surface area contributed by atoms with Gasteiger partial charge in [-0.25, -0.2) is 0 Å². The Morgan fingerprint density at radius 2 is 1.45 bits per heavy atom. The van der Waals surface area contributed by atoms with E-state index < -0.39 is 18.9 Å². The second-order valence-corrected chi connectivity index (χ2v) is 4.29. The highest BCUT2D eigenvalue weighted by Gasteiger charge is 2.28. The first-order chi connectivity index (χ1) is 9.46. The van der Waals surface area contributed by atoms with Crippen LogP contribution < -0.4 is 4.74 Å². The molecule has 0 heterocycles. The minimum Gasteiger partial charge on any atom is -0.484 e. The average molecular weight is 282 g/mol. The Labute approximate surface area is 114 Å². The molecule has 0 aliphatic heterocycles. The molecule has 0 spiro atoms. The summed E-state index contributed by atoms with van der Waals surface area (Å²) in [5.41, 5.74) is 1.31. The lowest BCUT2D eigenvalue weighted by Crippen LogP contribution is -2.19. The number of hydrogen-bond donors (Lipinski definition) is 1. The molecule has 2 aromatic rings. The van der Waals surface area contributed by atoms with Crippen LogP contribution in [0.2, 0.25) is 0 Å². The maximum Gasteiger partial charge on any atom is 0.422 e. The molecule has 0 aromatic heterocycles. The van der Waals surface area contributed by atoms with E-state index in [0.717, 1.165) is 5.56 Å². The van der Waals surface area contributed by atoms with Crippen molar-refractivity contribution < 1.29 is 23.0 Å². The Hall–Kier alpha value is -2.01. The van der Waals surface area contributed by atoms with Gasteiger partial charge in [0, 0.05) is 0 Å². The zero-order chi connectivity index (χ0) is 14.6. The van der Waals surface area contributed by atoms with Crippen molar-refractivity contribution in [1.82, 2.24) is 0 Å². The van der Waals surface area contributed by atoms with Crippen molar-refractivity contribution in [2.45, 2.75) is 12.3 Å². The van der Waals surface area contributed by atoms with Gasteiger partial charge in [-0.2, -0.15) is 13.2 Å². The van der Waals surface area contributed by atoms with Gasteiger partial charge in [-0.1, -0.05) is 42.5 Å². The molecule has 5 heteroatoms. The first-order valence-electron chi connectivity index (χ1n) is 5.98. The predicted octanol–water partition coefficient (Wildman–Crippen LogP) is 3.71. The fourth-order valence-electron chi connectivity index (χ4n) is 1.74. The second-order valence-electron chi connectivity index (χ2n) is 4.29. The maximum atomic E-state index is 12.0. The van der Waals surface area contributed by atoms with E-state index in [-0.39, 0.29) is 5.75 Å². The number of benzene rings is 2. The molecule has 1 atom stereocenters. The molecule has 0 aliphatic rings. The van der Waals surface area contributed by atoms with Crippen LogP contribution in [0, 0.1) is 0 Å². The normalized spacial score (nSPS) is 13.0. The van der Waals surface area contributed by atoms with Gasteiger partial charge < -0.3 is 9.84 Å². The molecular weight excluding hydrogens is 269 g/mol. The first kappa shape index (κ1) is 14.4. The number of ether oxygens (including phenoxy) is 1. The number of aliphatic hydroxyl groups is 1. The monoisotopic (exact) mass is 282 g/mol. The highest BCUT2D eigenvalue weighted by molar-refractivity contribution is 5.33. The van der Waals surface area contributed by atoms with Crippen LogP contribution in [0.3, 0.4) is 0 Å². The predicted molar refractivity (Wildman–Crippen MR) is 68.5 cm³/mol. The van der Waals surface area contributed by atoms with Crippen LogP contribution in [0.15, 0.2) is 54.6 Å². The zero-order valence-corrected chi connectivity index (χ0v) is 10.5. The minimum absolute atomic E-state index is 0.117. The van der Waals surface area contributed by atoms with Gasteiger partial charge in [0.1, 0.15) is 11.9 Å². The highest BCUT2D eigenvalue weighted by Crippen LogP contribution is 2.24. The molecule has 0 radical (unpaired) electrons. The van der Waals surface area contributed by atoms with E-state index in [1.807, 2.05) is 6.07 Å². The van der Waals surface area contributed by atoms with Gasteiger partial charge >= 0.3 is 6.18 Å². The van der Waals surface area contributed by atoms with Crippen molar-refractivity contribution in [1.29, 1.82) is 0 Å². The van der Waals surface area contributed by atoms with Crippen molar-refractivity contribution in [2.24, 2.45) is 0 Å². The van der Waals surface area contributed by atoms with Crippen molar-refractivity contribution in [3.05, 3.63) is 65.7 Å². The van der Waals surface area contributed by atoms with Gasteiger partial charge in [0.25, 0.3) is 0 Å². The van der Waals surface area contributed by atoms with E-state index in [4.69, 9.17) is 0 Å². The zero-order valence-electron chi connectivity index (χ0n) is 10.5. The summed E-state index contributed by atoms with van der Waals surface area (Å²) in [5.74, 6) is 0.117. The first-order valence-corrected chi connectivity index (χ1v) is 5.98. The fraction of sp³-hybridized carbons (Fsp3) is 0.200. The Morgan fingerprint density at radius 1 is 0.900 bits per heavy atom. The third-order valence-electron chi connectivity index (χ3n) is 2.71. The lowest BCUT2D eigenvalue weighted by atomic mass is 10.0. The molecule has 0 saturated carbocycles. The van der Waals surface area contributed by atoms with E-state index >= 15 is 0 Å². The topological polar surface area (TPSA) is 29.5 Å². The summed E-state index contributed by atoms with van der Waals surface area (Å²) in [6.45, 7) is -1.33. The molecule has 0 fully saturated rings. The van der Waals surface area contributed by atoms with E-state index in [0.29, 0.717) is 5.56 Å². The van der Waals surface area contributed by atoms with Crippen LogP contribution in [0.1, 0.15) is 17.2 Å². The van der Waals surface area contributed by atoms with E-state index in [2.05, 4.69) is 4.74 Å². The second kappa shape index (κ2) is 5.96. The number of rotatable bonds is 4. The Morgan fingerprint density at radius 3 is 2.00 bits per heavy atom. The summed E-state index contributed by atoms with van der Waals surface area (Å²) in [6, 6.07) is 14.9. The van der Waals surface area contributed by atoms with Gasteiger partial charge in [0.05, 0.1) is 0 Å². The molecule has 106 valence electrons. The van der Waals surface area contributed by atoms with Crippen molar-refractivity contribution in [3.8, 4) is 5.75 Å². The van der Waals surface area contributed by atoms with Crippen LogP contribution in [-0.4, -0.2) is 17.9 Å². The maximum absolute atomic E-state index is 12.0. The average Bonchev–Trinajstić information content (AvgIpc) is 2.45. The molecule has 20 heavy (non-hydrogen) atoms. The van der Waals surface area contributed by atoms with Crippen LogP contribution in [0.4, 0.5) is 13.2 Å². The number of aliphatic hydroxyl groups excluding tert-OH is 1. The molecule has 2 nitrogen and oxygen atoms in total. The molecule has 0 saturated heterocycles. The fourth-order valence-corrected chi connectivity index (χ4v) is 1.74. The third kappa shape index (κ3) is 3.99. The Kier molecular flexibility index (Phi) is 4.29. The minimum atomic E-state index is -4.36. The molecular formula is C15H13F3O2. The molecule has 0 bridgehead atoms. The summed E-state index contributed by atoms with van der Waals surface area (Å²) >= 11 is 0. The quantitative estimate of drug-likeness (QED) is 0.926. The van der Waals surface area contributed by atoms with Crippen molar-refractivity contribution in [3.63, 3.8) is 0 Å². The van der Waals surface area contributed by atoms with Crippen LogP contribution in [0.25, 0.3) is 0 Å². The van der Waals surface area contributed by atoms with Gasteiger partial charge in [0.15, 0.2) is 6.61 Å². The van der Waals surface area contributed by atoms with Crippen molar-refractivity contribution in [2.75, 3.05) is 6.61 Å². The summed E-state index contributed by atoms with van der Waals surface area (Å²) < 4.78 is 40.6. The van der Waals surface area contributed by atoms with Gasteiger partial charge in [0.2, 0.25) is 0 Å². The smallest absolute Gasteiger partial charge is 0.422 e. The van der Waals surface area contributed by atoms with Gasteiger partial charge in [-0.15, -0.1) is 0 Å². The van der Waals surface area contributed by atoms with Crippen LogP contribution in [0.5, 0.6) is 5.75 Å². The standard InChI is InChI=1S/C15H13F3O2/c16-15(17,18)10-20-13-8-6-12(7-9-13)14(19)11-4-2-1-3-5-11/h1-9,14,19H,10H2/t14-/m0/s1. The summed E-state index contributed by atoms with van der Waals surface area (Å²) in [6.07, 6.45) is -5.17. The Balaban J connectivity index is 2.05. The summed E-state index contributed by atoms with van der Waals surface area (Å²) in [5, 5.41) is 10.1. The molecule has 1 N–H and O–H groups in total. The molecule has 0 amide bonds. The lowest BCUT2D eigenvalue weighted by molar-refractivity contribution is -0.153. The van der Waals surface area contributed by atoms with E-state index in [1.54, 1.807) is 36.4 Å². The molecule has 0 aliphatic carbocycles.